The molecule has 0 amide bonds. The average molecular weight is 1950 g/mol. The molecule has 0 spiro atoms. The van der Waals surface area contributed by atoms with Crippen LogP contribution >= 0.6 is 34.0 Å². The van der Waals surface area contributed by atoms with Gasteiger partial charge in [0.1, 0.15) is 51.5 Å². The molecule has 0 bridgehead atoms. The topological polar surface area (TPSA) is 220 Å². The third kappa shape index (κ3) is 20.2. The molecular formula is C125H105N15O2S3. The summed E-state index contributed by atoms with van der Waals surface area (Å²) in [6, 6.07) is 124. The van der Waals surface area contributed by atoms with E-state index < -0.39 is 0 Å². The molecule has 0 radical (unpaired) electrons. The van der Waals surface area contributed by atoms with E-state index in [0.717, 1.165) is 164 Å². The van der Waals surface area contributed by atoms with Gasteiger partial charge in [0.05, 0.1) is 5.56 Å². The molecule has 145 heavy (non-hydrogen) atoms. The molecule has 10 aromatic heterocycles. The zero-order valence-electron chi connectivity index (χ0n) is 83.4. The highest BCUT2D eigenvalue weighted by atomic mass is 32.1. The highest BCUT2D eigenvalue weighted by molar-refractivity contribution is 7.27. The number of thiophene rings is 3. The van der Waals surface area contributed by atoms with Crippen molar-refractivity contribution in [1.82, 2.24) is 74.8 Å². The summed E-state index contributed by atoms with van der Waals surface area (Å²) in [5.74, 6) is 10.9. The predicted octanol–water partition coefficient (Wildman–Crippen LogP) is 33.4. The molecule has 15 aromatic carbocycles. The van der Waals surface area contributed by atoms with Gasteiger partial charge in [-0.25, -0.2) is 74.8 Å². The summed E-state index contributed by atoms with van der Waals surface area (Å²) in [4.78, 5) is 72.3. The van der Waals surface area contributed by atoms with Gasteiger partial charge in [-0.1, -0.05) is 389 Å². The second-order valence-corrected chi connectivity index (χ2v) is 44.3. The first kappa shape index (κ1) is 94.8. The van der Waals surface area contributed by atoms with Crippen LogP contribution in [-0.4, -0.2) is 74.8 Å². The van der Waals surface area contributed by atoms with E-state index in [0.29, 0.717) is 23.3 Å². The number of hydrogen-bond donors (Lipinski definition) is 0. The Labute approximate surface area is 853 Å². The Morgan fingerprint density at radius 1 is 0.166 bits per heavy atom. The fourth-order valence-corrected chi connectivity index (χ4v) is 20.7. The van der Waals surface area contributed by atoms with Gasteiger partial charge in [0.15, 0.2) is 58.2 Å². The number of hydrogen-bond acceptors (Lipinski definition) is 20. The molecule has 0 N–H and O–H groups in total. The van der Waals surface area contributed by atoms with Crippen molar-refractivity contribution in [3.05, 3.63) is 393 Å². The summed E-state index contributed by atoms with van der Waals surface area (Å²) in [6.45, 7) is 31.9. The van der Waals surface area contributed by atoms with Crippen LogP contribution < -0.4 is 0 Å². The Morgan fingerprint density at radius 2 is 0.434 bits per heavy atom. The quantitative estimate of drug-likeness (QED) is 0.124. The number of benzene rings is 15. The number of para-hydroxylation sites is 3. The molecule has 10 heterocycles. The first-order valence-electron chi connectivity index (χ1n) is 48.6. The van der Waals surface area contributed by atoms with Crippen molar-refractivity contribution in [2.75, 3.05) is 0 Å². The summed E-state index contributed by atoms with van der Waals surface area (Å²) >= 11 is 5.43. The number of rotatable bonds is 10. The number of furan rings is 2. The summed E-state index contributed by atoms with van der Waals surface area (Å²) in [5, 5.41) is 12.0. The van der Waals surface area contributed by atoms with Gasteiger partial charge in [0.25, 0.3) is 0 Å². The Morgan fingerprint density at radius 3 is 0.862 bits per heavy atom. The normalized spacial score (nSPS) is 12.0. The smallest absolute Gasteiger partial charge is 0.167 e. The van der Waals surface area contributed by atoms with Gasteiger partial charge in [-0.05, 0) is 78.9 Å². The van der Waals surface area contributed by atoms with Crippen LogP contribution in [0.25, 0.3) is 218 Å². The van der Waals surface area contributed by atoms with Crippen molar-refractivity contribution < 1.29 is 8.83 Å². The lowest BCUT2D eigenvalue weighted by atomic mass is 9.95. The van der Waals surface area contributed by atoms with E-state index in [1.54, 1.807) is 11.3 Å². The minimum Gasteiger partial charge on any atom is -0.456 e. The summed E-state index contributed by atoms with van der Waals surface area (Å²) in [6.07, 6.45) is 0. The molecule has 0 aliphatic heterocycles. The Hall–Kier alpha value is -16.4. The highest BCUT2D eigenvalue weighted by Gasteiger charge is 2.30. The lowest BCUT2D eigenvalue weighted by Crippen LogP contribution is -2.18. The molecular weight excluding hydrogens is 1840 g/mol. The molecule has 0 aliphatic rings. The second kappa shape index (κ2) is 39.1. The SMILES string of the molecule is CC(C)(C)c1nc(-c2ccccc2)nc(-c2ccc3c(c2)oc2ccccc23)n1.CC(C)(C)c1nc(-c2ccccc2)nc(-c2ccc3c(c2)sc2ccccc23)n1.CC(C)(C)c1nc(-c2ccccc2)nc(-c2ccc3sc4ccccc4c3c2)n1.CC(C)(C)c1nc(-c2ccccc2)nc(-c2cccc3c2oc2ccccc23)n1.CC(C)(C)c1nc(-c2ccccc2)nc(-c2cccc3c2sc2ccccc23)n1. The average Bonchev–Trinajstić information content (AvgIpc) is 1.64. The lowest BCUT2D eigenvalue weighted by molar-refractivity contribution is 0.543. The number of aromatic nitrogens is 15. The van der Waals surface area contributed by atoms with E-state index >= 15 is 0 Å². The van der Waals surface area contributed by atoms with E-state index in [1.165, 1.54) is 60.5 Å². The maximum absolute atomic E-state index is 6.21. The van der Waals surface area contributed by atoms with Gasteiger partial charge >= 0.3 is 0 Å². The van der Waals surface area contributed by atoms with Crippen LogP contribution in [0.4, 0.5) is 0 Å². The second-order valence-electron chi connectivity index (χ2n) is 41.1. The lowest BCUT2D eigenvalue weighted by Gasteiger charge is -2.18. The Kier molecular flexibility index (Phi) is 25.6. The molecule has 0 saturated carbocycles. The molecule has 0 aliphatic carbocycles. The van der Waals surface area contributed by atoms with Crippen LogP contribution in [0.2, 0.25) is 0 Å². The maximum Gasteiger partial charge on any atom is 0.167 e. The predicted molar refractivity (Wildman–Crippen MR) is 600 cm³/mol. The van der Waals surface area contributed by atoms with Gasteiger partial charge in [-0.2, -0.15) is 0 Å². The first-order chi connectivity index (χ1) is 70.0. The monoisotopic (exact) mass is 1940 g/mol. The fraction of sp³-hybridized carbons (Fsp3) is 0.160. The summed E-state index contributed by atoms with van der Waals surface area (Å²) in [7, 11) is 0. The largest absolute Gasteiger partial charge is 0.456 e. The maximum atomic E-state index is 6.21. The van der Waals surface area contributed by atoms with Crippen molar-refractivity contribution in [2.24, 2.45) is 0 Å². The Balaban J connectivity index is 0.000000107. The van der Waals surface area contributed by atoms with Gasteiger partial charge in [-0.15, -0.1) is 34.0 Å². The van der Waals surface area contributed by atoms with Gasteiger partial charge in [-0.3, -0.25) is 0 Å². The molecule has 25 rings (SSSR count). The minimum absolute atomic E-state index is 0.164. The van der Waals surface area contributed by atoms with Crippen LogP contribution in [0.5, 0.6) is 0 Å². The van der Waals surface area contributed by atoms with Crippen LogP contribution in [-0.2, 0) is 27.1 Å². The molecule has 0 saturated heterocycles. The van der Waals surface area contributed by atoms with E-state index in [9.17, 15) is 0 Å². The zero-order chi connectivity index (χ0) is 100. The first-order valence-corrected chi connectivity index (χ1v) is 51.1. The third-order valence-corrected chi connectivity index (χ3v) is 28.4. The number of fused-ring (bicyclic) bond motifs is 15. The van der Waals surface area contributed by atoms with Crippen molar-refractivity contribution in [1.29, 1.82) is 0 Å². The van der Waals surface area contributed by atoms with Crippen LogP contribution in [0, 0.1) is 0 Å². The van der Waals surface area contributed by atoms with E-state index in [4.69, 9.17) is 83.6 Å². The molecule has 17 nitrogen and oxygen atoms in total. The van der Waals surface area contributed by atoms with E-state index in [2.05, 4.69) is 262 Å². The molecule has 20 heteroatoms. The molecule has 0 unspecified atom stereocenters. The molecule has 25 aromatic rings. The van der Waals surface area contributed by atoms with Gasteiger partial charge in [0.2, 0.25) is 0 Å². The fourth-order valence-electron chi connectivity index (χ4n) is 17.2. The van der Waals surface area contributed by atoms with Crippen molar-refractivity contribution in [2.45, 2.75) is 131 Å². The van der Waals surface area contributed by atoms with Crippen molar-refractivity contribution in [3.8, 4) is 114 Å². The van der Waals surface area contributed by atoms with Gasteiger partial charge < -0.3 is 8.83 Å². The third-order valence-electron chi connectivity index (χ3n) is 24.9. The van der Waals surface area contributed by atoms with Gasteiger partial charge in [0, 0.05) is 159 Å². The highest BCUT2D eigenvalue weighted by Crippen LogP contribution is 2.45. The molecule has 0 atom stereocenters. The number of nitrogens with zero attached hydrogens (tertiary/aromatic N) is 15. The standard InChI is InChI=1S/2C25H21N3O.3C25H21N3S/c1-25(2,3)24-27-22(16-10-5-4-6-11-16)26-23(28-24)19-14-9-13-18-17-12-7-8-15-20(17)29-21(18)19;1-25(2,3)24-27-22(16-9-5-4-6-10-16)26-23(28-24)17-13-14-19-18-11-7-8-12-20(18)29-21(19)15-17;1-25(2,3)24-27-22(16-10-5-4-6-11-16)26-23(28-24)19-14-9-13-18-17-12-7-8-15-20(17)29-21(18)19;1-25(2,3)24-27-22(16-9-5-4-6-10-16)26-23(28-24)17-13-14-21-19(15-17)18-11-7-8-12-20(18)29-21;1-25(2,3)24-27-22(16-9-5-4-6-10-16)26-23(28-24)17-13-14-19-18-11-7-8-12-20(18)29-21(19)15-17/h5*4-15H,1-3H3. The van der Waals surface area contributed by atoms with Crippen molar-refractivity contribution in [3.63, 3.8) is 0 Å². The van der Waals surface area contributed by atoms with Crippen molar-refractivity contribution >= 4 is 138 Å². The van der Waals surface area contributed by atoms with Crippen LogP contribution in [0.3, 0.4) is 0 Å². The van der Waals surface area contributed by atoms with Crippen LogP contribution in [0.1, 0.15) is 133 Å². The zero-order valence-corrected chi connectivity index (χ0v) is 85.8. The molecule has 710 valence electrons. The summed E-state index contributed by atoms with van der Waals surface area (Å²) < 4.78 is 19.9. The summed E-state index contributed by atoms with van der Waals surface area (Å²) in [5.41, 5.74) is 12.4. The minimum atomic E-state index is -0.205. The Bertz CT molecular complexity index is 8660. The van der Waals surface area contributed by atoms with Crippen LogP contribution in [0.15, 0.2) is 373 Å². The van der Waals surface area contributed by atoms with E-state index in [1.807, 2.05) is 229 Å². The van der Waals surface area contributed by atoms with E-state index in [-0.39, 0.29) is 27.1 Å². The molecule has 0 fully saturated rings.